The number of benzene rings is 1. The Morgan fingerprint density at radius 1 is 1.40 bits per heavy atom. The number of nitrogen functional groups attached to an aromatic ring is 1. The number of hydrogen-bond acceptors (Lipinski definition) is 3. The van der Waals surface area contributed by atoms with Crippen molar-refractivity contribution in [3.8, 4) is 0 Å². The first-order chi connectivity index (χ1) is 7.04. The second-order valence-corrected chi connectivity index (χ2v) is 4.17. The van der Waals surface area contributed by atoms with Crippen molar-refractivity contribution >= 4 is 34.6 Å². The van der Waals surface area contributed by atoms with Gasteiger partial charge in [-0.2, -0.15) is 0 Å². The molecule has 0 radical (unpaired) electrons. The Bertz CT molecular complexity index is 321. The van der Waals surface area contributed by atoms with E-state index in [1.54, 1.807) is 19.2 Å². The minimum atomic E-state index is 0.133. The molecule has 0 saturated heterocycles. The predicted octanol–water partition coefficient (Wildman–Crippen LogP) is 3.02. The lowest BCUT2D eigenvalue weighted by molar-refractivity contribution is 0.190. The fourth-order valence-corrected chi connectivity index (χ4v) is 1.88. The van der Waals surface area contributed by atoms with Gasteiger partial charge in [0.1, 0.15) is 0 Å². The van der Waals surface area contributed by atoms with Crippen molar-refractivity contribution in [2.24, 2.45) is 0 Å². The zero-order valence-electron chi connectivity index (χ0n) is 8.68. The summed E-state index contributed by atoms with van der Waals surface area (Å²) in [7, 11) is 1.64. The van der Waals surface area contributed by atoms with Crippen LogP contribution in [0.25, 0.3) is 0 Å². The highest BCUT2D eigenvalue weighted by Crippen LogP contribution is 2.33. The van der Waals surface area contributed by atoms with Gasteiger partial charge in [0.15, 0.2) is 0 Å². The van der Waals surface area contributed by atoms with Gasteiger partial charge in [-0.05, 0) is 19.1 Å². The number of ether oxygens (including phenoxy) is 1. The Morgan fingerprint density at radius 2 is 1.93 bits per heavy atom. The Hall–Kier alpha value is -0.640. The Kier molecular flexibility index (Phi) is 4.51. The molecule has 1 rings (SSSR count). The third-order valence-electron chi connectivity index (χ3n) is 1.87. The van der Waals surface area contributed by atoms with Gasteiger partial charge < -0.3 is 15.8 Å². The van der Waals surface area contributed by atoms with Crippen molar-refractivity contribution in [3.63, 3.8) is 0 Å². The normalized spacial score (nSPS) is 12.5. The summed E-state index contributed by atoms with van der Waals surface area (Å²) in [6, 6.07) is 3.46. The summed E-state index contributed by atoms with van der Waals surface area (Å²) in [6.07, 6.45) is 0. The molecule has 5 heteroatoms. The van der Waals surface area contributed by atoms with Gasteiger partial charge in [-0.25, -0.2) is 0 Å². The molecule has 0 spiro atoms. The van der Waals surface area contributed by atoms with Crippen molar-refractivity contribution in [2.45, 2.75) is 13.0 Å². The van der Waals surface area contributed by atoms with Crippen LogP contribution < -0.4 is 11.1 Å². The van der Waals surface area contributed by atoms with Crippen LogP contribution in [-0.4, -0.2) is 19.8 Å². The van der Waals surface area contributed by atoms with Crippen molar-refractivity contribution in [3.05, 3.63) is 22.2 Å². The van der Waals surface area contributed by atoms with E-state index >= 15 is 0 Å². The van der Waals surface area contributed by atoms with Crippen LogP contribution in [0.4, 0.5) is 11.4 Å². The molecule has 0 aliphatic heterocycles. The molecule has 1 aromatic rings. The third kappa shape index (κ3) is 3.45. The number of anilines is 2. The zero-order valence-corrected chi connectivity index (χ0v) is 10.2. The van der Waals surface area contributed by atoms with Crippen molar-refractivity contribution in [1.29, 1.82) is 0 Å². The van der Waals surface area contributed by atoms with Crippen LogP contribution in [0.5, 0.6) is 0 Å². The molecule has 3 N–H and O–H groups in total. The molecule has 1 atom stereocenters. The van der Waals surface area contributed by atoms with Crippen LogP contribution in [0, 0.1) is 0 Å². The van der Waals surface area contributed by atoms with Gasteiger partial charge in [-0.15, -0.1) is 0 Å². The number of methoxy groups -OCH3 is 1. The second kappa shape index (κ2) is 5.45. The highest BCUT2D eigenvalue weighted by Gasteiger charge is 2.09. The molecule has 0 bridgehead atoms. The van der Waals surface area contributed by atoms with E-state index in [0.717, 1.165) is 0 Å². The zero-order chi connectivity index (χ0) is 11.4. The number of nitrogens with two attached hydrogens (primary N) is 1. The summed E-state index contributed by atoms with van der Waals surface area (Å²) in [5.41, 5.74) is 6.84. The fraction of sp³-hybridized carbons (Fsp3) is 0.400. The molecule has 0 saturated carbocycles. The summed E-state index contributed by atoms with van der Waals surface area (Å²) < 4.78 is 5.01. The lowest BCUT2D eigenvalue weighted by Gasteiger charge is -2.17. The molecule has 0 aliphatic carbocycles. The number of nitrogens with one attached hydrogen (secondary N) is 1. The number of hydrogen-bond donors (Lipinski definition) is 2. The van der Waals surface area contributed by atoms with Gasteiger partial charge in [-0.3, -0.25) is 0 Å². The molecule has 0 heterocycles. The molecule has 0 aromatic heterocycles. The van der Waals surface area contributed by atoms with Gasteiger partial charge in [0.05, 0.1) is 22.3 Å². The molecule has 0 aliphatic rings. The molecule has 1 unspecified atom stereocenters. The van der Waals surface area contributed by atoms with Gasteiger partial charge in [0, 0.05) is 18.8 Å². The van der Waals surface area contributed by atoms with E-state index in [0.29, 0.717) is 28.0 Å². The van der Waals surface area contributed by atoms with Crippen LogP contribution in [0.2, 0.25) is 10.0 Å². The lowest BCUT2D eigenvalue weighted by Crippen LogP contribution is -2.21. The highest BCUT2D eigenvalue weighted by atomic mass is 35.5. The summed E-state index contributed by atoms with van der Waals surface area (Å²) in [6.45, 7) is 2.56. The summed E-state index contributed by atoms with van der Waals surface area (Å²) in [5, 5.41) is 4.20. The van der Waals surface area contributed by atoms with E-state index in [1.807, 2.05) is 6.92 Å². The van der Waals surface area contributed by atoms with E-state index in [1.165, 1.54) is 0 Å². The minimum Gasteiger partial charge on any atom is -0.399 e. The maximum atomic E-state index is 6.01. The Labute approximate surface area is 99.5 Å². The number of rotatable bonds is 4. The fourth-order valence-electron chi connectivity index (χ4n) is 1.27. The maximum absolute atomic E-state index is 6.01. The molecule has 0 fully saturated rings. The van der Waals surface area contributed by atoms with Crippen molar-refractivity contribution in [1.82, 2.24) is 0 Å². The average molecular weight is 249 g/mol. The molecule has 3 nitrogen and oxygen atoms in total. The average Bonchev–Trinajstić information content (AvgIpc) is 2.11. The summed E-state index contributed by atoms with van der Waals surface area (Å²) >= 11 is 12.0. The van der Waals surface area contributed by atoms with Gasteiger partial charge in [0.25, 0.3) is 0 Å². The van der Waals surface area contributed by atoms with E-state index in [-0.39, 0.29) is 6.04 Å². The molecule has 15 heavy (non-hydrogen) atoms. The van der Waals surface area contributed by atoms with Crippen molar-refractivity contribution in [2.75, 3.05) is 24.8 Å². The predicted molar refractivity (Wildman–Crippen MR) is 65.8 cm³/mol. The first-order valence-corrected chi connectivity index (χ1v) is 5.30. The molecule has 84 valence electrons. The Morgan fingerprint density at radius 3 is 2.40 bits per heavy atom. The SMILES string of the molecule is COCC(C)Nc1c(Cl)cc(N)cc1Cl. The van der Waals surface area contributed by atoms with Crippen LogP contribution in [0.3, 0.4) is 0 Å². The summed E-state index contributed by atoms with van der Waals surface area (Å²) in [4.78, 5) is 0. The largest absolute Gasteiger partial charge is 0.399 e. The molecular weight excluding hydrogens is 235 g/mol. The topological polar surface area (TPSA) is 47.3 Å². The van der Waals surface area contributed by atoms with E-state index in [2.05, 4.69) is 5.32 Å². The van der Waals surface area contributed by atoms with Gasteiger partial charge >= 0.3 is 0 Å². The van der Waals surface area contributed by atoms with Gasteiger partial charge in [0.2, 0.25) is 0 Å². The van der Waals surface area contributed by atoms with Crippen LogP contribution in [0.15, 0.2) is 12.1 Å². The number of halogens is 2. The lowest BCUT2D eigenvalue weighted by atomic mass is 10.2. The monoisotopic (exact) mass is 248 g/mol. The summed E-state index contributed by atoms with van der Waals surface area (Å²) in [5.74, 6) is 0. The maximum Gasteiger partial charge on any atom is 0.0723 e. The Balaban J connectivity index is 2.85. The van der Waals surface area contributed by atoms with Crippen molar-refractivity contribution < 1.29 is 4.74 Å². The standard InChI is InChI=1S/C10H14Cl2N2O/c1-6(5-15-2)14-10-8(11)3-7(13)4-9(10)12/h3-4,6,14H,5,13H2,1-2H3. The molecule has 1 aromatic carbocycles. The van der Waals surface area contributed by atoms with Crippen LogP contribution in [-0.2, 0) is 4.74 Å². The van der Waals surface area contributed by atoms with Gasteiger partial charge in [-0.1, -0.05) is 23.2 Å². The molecule has 0 amide bonds. The third-order valence-corrected chi connectivity index (χ3v) is 2.47. The molecular formula is C10H14Cl2N2O. The highest BCUT2D eigenvalue weighted by molar-refractivity contribution is 6.39. The van der Waals surface area contributed by atoms with Crippen LogP contribution in [0.1, 0.15) is 6.92 Å². The van der Waals surface area contributed by atoms with E-state index < -0.39 is 0 Å². The quantitative estimate of drug-likeness (QED) is 0.806. The van der Waals surface area contributed by atoms with Crippen LogP contribution >= 0.6 is 23.2 Å². The second-order valence-electron chi connectivity index (χ2n) is 3.36. The van der Waals surface area contributed by atoms with E-state index in [9.17, 15) is 0 Å². The minimum absolute atomic E-state index is 0.133. The first-order valence-electron chi connectivity index (χ1n) is 4.54. The first kappa shape index (κ1) is 12.4. The smallest absolute Gasteiger partial charge is 0.0723 e. The van der Waals surface area contributed by atoms with E-state index in [4.69, 9.17) is 33.7 Å².